The van der Waals surface area contributed by atoms with Crippen LogP contribution < -0.4 is 10.6 Å². The Morgan fingerprint density at radius 2 is 1.68 bits per heavy atom. The Kier molecular flexibility index (Phi) is 10.9. The number of aryl methyl sites for hydroxylation is 1. The zero-order chi connectivity index (χ0) is 37.0. The number of nitrogens with zero attached hydrogens (tertiary/aromatic N) is 8. The van der Waals surface area contributed by atoms with Gasteiger partial charge in [-0.1, -0.05) is 74.0 Å². The molecule has 0 spiro atoms. The van der Waals surface area contributed by atoms with Gasteiger partial charge in [-0.05, 0) is 49.9 Å². The highest BCUT2D eigenvalue weighted by molar-refractivity contribution is 5.84. The van der Waals surface area contributed by atoms with Crippen LogP contribution in [-0.4, -0.2) is 102 Å². The van der Waals surface area contributed by atoms with E-state index in [-0.39, 0.29) is 12.3 Å². The van der Waals surface area contributed by atoms with Crippen LogP contribution in [0, 0.1) is 0 Å². The van der Waals surface area contributed by atoms with Crippen LogP contribution in [0.3, 0.4) is 0 Å². The standard InChI is InChI=1S/C37H43F3N10O3/c1-2-26-21-44-50(47-26)28-20-29(32(31(28)51)53-35(52)37(38,39)40)49-23-43-30-33(45-36(46-34(30)49)41-16-19-48-17-10-5-11-18-48)42-22-27(24-12-6-3-7-13-24)25-14-8-4-9-15-25/h3-4,6-9,12-15,21,23,27-29,31-32,51H,2,5,10-11,16-20,22H2,1H3,(H2,41,42,45,46)/t28-,29+,31+,32-/m0/s1. The van der Waals surface area contributed by atoms with Crippen LogP contribution in [0.1, 0.15) is 67.4 Å². The molecule has 1 aliphatic heterocycles. The van der Waals surface area contributed by atoms with Gasteiger partial charge in [-0.25, -0.2) is 9.78 Å². The topological polar surface area (TPSA) is 148 Å². The van der Waals surface area contributed by atoms with Gasteiger partial charge in [0.2, 0.25) is 5.95 Å². The zero-order valence-electron chi connectivity index (χ0n) is 29.4. The van der Waals surface area contributed by atoms with E-state index in [9.17, 15) is 23.1 Å². The maximum Gasteiger partial charge on any atom is 0.490 e. The van der Waals surface area contributed by atoms with Crippen LogP contribution in [0.15, 0.2) is 73.2 Å². The Bertz CT molecular complexity index is 1930. The van der Waals surface area contributed by atoms with Gasteiger partial charge in [-0.2, -0.15) is 38.1 Å². The minimum atomic E-state index is -5.27. The number of imidazole rings is 1. The fourth-order valence-electron chi connectivity index (χ4n) is 7.31. The van der Waals surface area contributed by atoms with Gasteiger partial charge in [0, 0.05) is 25.6 Å². The number of benzene rings is 2. The number of piperidine rings is 1. The molecule has 53 heavy (non-hydrogen) atoms. The van der Waals surface area contributed by atoms with E-state index >= 15 is 0 Å². The molecule has 0 radical (unpaired) electrons. The van der Waals surface area contributed by atoms with E-state index in [0.29, 0.717) is 48.1 Å². The number of anilines is 2. The number of aliphatic hydroxyl groups excluding tert-OH is 1. The summed E-state index contributed by atoms with van der Waals surface area (Å²) in [7, 11) is 0. The van der Waals surface area contributed by atoms with Crippen molar-refractivity contribution >= 4 is 28.9 Å². The van der Waals surface area contributed by atoms with Crippen molar-refractivity contribution in [3.63, 3.8) is 0 Å². The molecule has 0 amide bonds. The number of alkyl halides is 3. The molecule has 0 unspecified atom stereocenters. The largest absolute Gasteiger partial charge is 0.490 e. The van der Waals surface area contributed by atoms with Crippen molar-refractivity contribution in [2.24, 2.45) is 0 Å². The van der Waals surface area contributed by atoms with Crippen molar-refractivity contribution in [2.45, 2.75) is 75.4 Å². The van der Waals surface area contributed by atoms with Gasteiger partial charge in [-0.3, -0.25) is 0 Å². The number of carbonyl (C=O) groups is 1. The molecular formula is C37H43F3N10O3. The van der Waals surface area contributed by atoms with E-state index in [1.165, 1.54) is 23.7 Å². The molecule has 5 aromatic rings. The second-order valence-electron chi connectivity index (χ2n) is 13.5. The van der Waals surface area contributed by atoms with Crippen LogP contribution in [0.5, 0.6) is 0 Å². The first-order valence-corrected chi connectivity index (χ1v) is 18.1. The van der Waals surface area contributed by atoms with Gasteiger partial charge >= 0.3 is 12.1 Å². The third kappa shape index (κ3) is 8.13. The molecule has 16 heteroatoms. The van der Waals surface area contributed by atoms with E-state index in [2.05, 4.69) is 55.0 Å². The summed E-state index contributed by atoms with van der Waals surface area (Å²) in [6, 6.07) is 18.3. The molecular weight excluding hydrogens is 689 g/mol. The number of rotatable bonds is 13. The molecule has 1 saturated carbocycles. The second kappa shape index (κ2) is 15.9. The smallest absolute Gasteiger partial charge is 0.451 e. The van der Waals surface area contributed by atoms with Crippen molar-refractivity contribution in [3.8, 4) is 0 Å². The Hall–Kier alpha value is -5.09. The molecule has 4 atom stereocenters. The van der Waals surface area contributed by atoms with Crippen molar-refractivity contribution < 1.29 is 27.8 Å². The third-order valence-corrected chi connectivity index (χ3v) is 10.1. The maximum atomic E-state index is 13.5. The van der Waals surface area contributed by atoms with Crippen LogP contribution in [0.2, 0.25) is 0 Å². The molecule has 13 nitrogen and oxygen atoms in total. The second-order valence-corrected chi connectivity index (χ2v) is 13.5. The van der Waals surface area contributed by atoms with E-state index in [1.807, 2.05) is 43.3 Å². The molecule has 4 heterocycles. The van der Waals surface area contributed by atoms with E-state index in [0.717, 1.165) is 43.6 Å². The lowest BCUT2D eigenvalue weighted by Gasteiger charge is -2.26. The third-order valence-electron chi connectivity index (χ3n) is 10.1. The summed E-state index contributed by atoms with van der Waals surface area (Å²) in [6.45, 7) is 5.73. The number of carbonyl (C=O) groups excluding carboxylic acids is 1. The van der Waals surface area contributed by atoms with Gasteiger partial charge < -0.3 is 29.9 Å². The quantitative estimate of drug-likeness (QED) is 0.138. The first-order chi connectivity index (χ1) is 25.7. The highest BCUT2D eigenvalue weighted by Crippen LogP contribution is 2.42. The minimum absolute atomic E-state index is 0.0365. The highest BCUT2D eigenvalue weighted by atomic mass is 19.4. The molecule has 1 aliphatic carbocycles. The molecule has 3 aromatic heterocycles. The number of aliphatic hydroxyl groups is 1. The van der Waals surface area contributed by atoms with Crippen LogP contribution in [-0.2, 0) is 16.0 Å². The lowest BCUT2D eigenvalue weighted by molar-refractivity contribution is -0.210. The van der Waals surface area contributed by atoms with Crippen molar-refractivity contribution in [3.05, 3.63) is 90.0 Å². The number of halogens is 3. The van der Waals surface area contributed by atoms with Crippen LogP contribution in [0.4, 0.5) is 24.9 Å². The number of hydrogen-bond acceptors (Lipinski definition) is 11. The molecule has 2 aromatic carbocycles. The summed E-state index contributed by atoms with van der Waals surface area (Å²) in [4.78, 5) is 30.2. The number of likely N-dealkylation sites (tertiary alicyclic amines) is 1. The lowest BCUT2D eigenvalue weighted by Crippen LogP contribution is -2.39. The first-order valence-electron chi connectivity index (χ1n) is 18.1. The normalized spacial score (nSPS) is 20.9. The van der Waals surface area contributed by atoms with Gasteiger partial charge in [0.1, 0.15) is 12.1 Å². The molecule has 2 aliphatic rings. The number of fused-ring (bicyclic) bond motifs is 1. The molecule has 280 valence electrons. The Morgan fingerprint density at radius 3 is 2.32 bits per heavy atom. The molecule has 7 rings (SSSR count). The van der Waals surface area contributed by atoms with E-state index < -0.39 is 36.4 Å². The predicted molar refractivity (Wildman–Crippen MR) is 191 cm³/mol. The Balaban J connectivity index is 1.25. The van der Waals surface area contributed by atoms with E-state index in [1.54, 1.807) is 4.57 Å². The molecule has 2 fully saturated rings. The molecule has 3 N–H and O–H groups in total. The predicted octanol–water partition coefficient (Wildman–Crippen LogP) is 5.14. The SMILES string of the molecule is CCc1cnn([C@H]2C[C@@H](n3cnc4c(NCC(c5ccccc5)c5ccccc5)nc(NCCN5CCCCC5)nc43)[C@H](OC(=O)C(F)(F)F)[C@@H]2O)n1. The average molecular weight is 733 g/mol. The summed E-state index contributed by atoms with van der Waals surface area (Å²) >= 11 is 0. The summed E-state index contributed by atoms with van der Waals surface area (Å²) in [5.74, 6) is -1.72. The first kappa shape index (κ1) is 36.3. The van der Waals surface area contributed by atoms with Crippen molar-refractivity contribution in [1.29, 1.82) is 0 Å². The monoisotopic (exact) mass is 732 g/mol. The van der Waals surface area contributed by atoms with Crippen molar-refractivity contribution in [1.82, 2.24) is 39.4 Å². The fourth-order valence-corrected chi connectivity index (χ4v) is 7.31. The number of esters is 1. The van der Waals surface area contributed by atoms with E-state index in [4.69, 9.17) is 14.7 Å². The zero-order valence-corrected chi connectivity index (χ0v) is 29.4. The lowest BCUT2D eigenvalue weighted by atomic mass is 9.91. The number of nitrogens with one attached hydrogen (secondary N) is 2. The Morgan fingerprint density at radius 1 is 0.981 bits per heavy atom. The summed E-state index contributed by atoms with van der Waals surface area (Å²) in [6.07, 6.45) is -1.31. The summed E-state index contributed by atoms with van der Waals surface area (Å²) in [5, 5.41) is 26.9. The van der Waals surface area contributed by atoms with Crippen LogP contribution in [0.25, 0.3) is 11.2 Å². The summed E-state index contributed by atoms with van der Waals surface area (Å²) in [5.41, 5.74) is 3.51. The Labute approximate surface area is 304 Å². The van der Waals surface area contributed by atoms with Gasteiger partial charge in [0.15, 0.2) is 23.1 Å². The minimum Gasteiger partial charge on any atom is -0.451 e. The number of aromatic nitrogens is 7. The highest BCUT2D eigenvalue weighted by Gasteiger charge is 2.52. The van der Waals surface area contributed by atoms with Gasteiger partial charge in [0.25, 0.3) is 0 Å². The van der Waals surface area contributed by atoms with Crippen molar-refractivity contribution in [2.75, 3.05) is 43.4 Å². The maximum absolute atomic E-state index is 13.5. The molecule has 0 bridgehead atoms. The van der Waals surface area contributed by atoms with Gasteiger partial charge in [-0.15, -0.1) is 0 Å². The fraction of sp³-hybridized carbons (Fsp3) is 0.459. The number of ether oxygens (including phenoxy) is 1. The molecule has 1 saturated heterocycles. The summed E-state index contributed by atoms with van der Waals surface area (Å²) < 4.78 is 47.2. The van der Waals surface area contributed by atoms with Crippen LogP contribution >= 0.6 is 0 Å². The number of hydrogen-bond donors (Lipinski definition) is 3. The average Bonchev–Trinajstić information content (AvgIpc) is 3.90. The van der Waals surface area contributed by atoms with Gasteiger partial charge in [0.05, 0.1) is 24.3 Å².